The van der Waals surface area contributed by atoms with Crippen molar-refractivity contribution in [2.75, 3.05) is 18.8 Å². The van der Waals surface area contributed by atoms with E-state index in [-0.39, 0.29) is 6.09 Å². The van der Waals surface area contributed by atoms with Gasteiger partial charge < -0.3 is 15.4 Å². The molecule has 1 aliphatic carbocycles. The average molecular weight is 295 g/mol. The van der Waals surface area contributed by atoms with Crippen LogP contribution in [0, 0.1) is 5.92 Å². The maximum atomic E-state index is 12.2. The third kappa shape index (κ3) is 2.49. The monoisotopic (exact) mass is 295 g/mol. The van der Waals surface area contributed by atoms with Crippen LogP contribution in [-0.2, 0) is 11.2 Å². The van der Waals surface area contributed by atoms with Crippen molar-refractivity contribution in [1.82, 2.24) is 9.88 Å². The van der Waals surface area contributed by atoms with Crippen molar-refractivity contribution in [1.29, 1.82) is 0 Å². The second-order valence-corrected chi connectivity index (χ2v) is 7.72. The summed E-state index contributed by atoms with van der Waals surface area (Å²) >= 11 is 1.58. The minimum atomic E-state index is -0.440. The van der Waals surface area contributed by atoms with Crippen LogP contribution in [-0.4, -0.2) is 34.7 Å². The Morgan fingerprint density at radius 1 is 1.45 bits per heavy atom. The molecule has 0 bridgehead atoms. The highest BCUT2D eigenvalue weighted by Crippen LogP contribution is 2.44. The van der Waals surface area contributed by atoms with Crippen LogP contribution in [0.1, 0.15) is 43.7 Å². The zero-order valence-corrected chi connectivity index (χ0v) is 13.0. The van der Waals surface area contributed by atoms with Crippen LogP contribution in [0.15, 0.2) is 0 Å². The lowest BCUT2D eigenvalue weighted by Gasteiger charge is -2.24. The number of anilines is 1. The van der Waals surface area contributed by atoms with Crippen LogP contribution < -0.4 is 5.73 Å². The number of nitrogens with zero attached hydrogens (tertiary/aromatic N) is 2. The van der Waals surface area contributed by atoms with Gasteiger partial charge in [-0.15, -0.1) is 11.3 Å². The van der Waals surface area contributed by atoms with Gasteiger partial charge in [-0.25, -0.2) is 9.78 Å². The number of carbonyl (C=O) groups is 1. The first-order valence-corrected chi connectivity index (χ1v) is 7.88. The van der Waals surface area contributed by atoms with Crippen molar-refractivity contribution in [3.05, 3.63) is 10.6 Å². The Bertz CT molecular complexity index is 535. The van der Waals surface area contributed by atoms with E-state index in [4.69, 9.17) is 10.5 Å². The third-order valence-corrected chi connectivity index (χ3v) is 4.98. The fourth-order valence-corrected chi connectivity index (χ4v) is 4.17. The van der Waals surface area contributed by atoms with E-state index in [1.807, 2.05) is 25.7 Å². The van der Waals surface area contributed by atoms with Gasteiger partial charge in [0.25, 0.3) is 0 Å². The number of nitrogens with two attached hydrogens (primary N) is 1. The largest absolute Gasteiger partial charge is 0.444 e. The van der Waals surface area contributed by atoms with Crippen molar-refractivity contribution >= 4 is 22.6 Å². The quantitative estimate of drug-likeness (QED) is 0.799. The summed E-state index contributed by atoms with van der Waals surface area (Å²) in [5, 5.41) is 0.645. The topological polar surface area (TPSA) is 68.5 Å². The smallest absolute Gasteiger partial charge is 0.410 e. The average Bonchev–Trinajstić information content (AvgIpc) is 2.87. The molecule has 6 heteroatoms. The van der Waals surface area contributed by atoms with Gasteiger partial charge in [-0.2, -0.15) is 0 Å². The minimum absolute atomic E-state index is 0.203. The summed E-state index contributed by atoms with van der Waals surface area (Å²) in [6.07, 6.45) is 1.86. The fourth-order valence-electron chi connectivity index (χ4n) is 3.11. The molecule has 0 saturated carbocycles. The number of aromatic nitrogens is 1. The Kier molecular flexibility index (Phi) is 3.16. The Labute approximate surface area is 123 Å². The van der Waals surface area contributed by atoms with E-state index in [1.165, 1.54) is 4.88 Å². The van der Waals surface area contributed by atoms with E-state index < -0.39 is 5.60 Å². The predicted molar refractivity (Wildman–Crippen MR) is 78.9 cm³/mol. The minimum Gasteiger partial charge on any atom is -0.444 e. The van der Waals surface area contributed by atoms with E-state index in [2.05, 4.69) is 4.98 Å². The second kappa shape index (κ2) is 4.62. The van der Waals surface area contributed by atoms with Crippen molar-refractivity contribution in [3.8, 4) is 0 Å². The van der Waals surface area contributed by atoms with Crippen LogP contribution in [0.5, 0.6) is 0 Å². The normalized spacial score (nSPS) is 25.2. The van der Waals surface area contributed by atoms with Crippen LogP contribution >= 0.6 is 11.3 Å². The molecule has 3 rings (SSSR count). The SMILES string of the molecule is CC(C)(C)OC(=O)N1CC2CCc3nc(N)sc3C2C1. The van der Waals surface area contributed by atoms with Gasteiger partial charge in [0.05, 0.1) is 5.69 Å². The standard InChI is InChI=1S/C14H21N3O2S/c1-14(2,3)19-13(18)17-6-8-4-5-10-11(9(8)7-17)20-12(15)16-10/h8-9H,4-7H2,1-3H3,(H2,15,16). The summed E-state index contributed by atoms with van der Waals surface area (Å²) in [6.45, 7) is 7.22. The lowest BCUT2D eigenvalue weighted by atomic mass is 9.84. The Morgan fingerprint density at radius 2 is 2.20 bits per heavy atom. The molecule has 2 N–H and O–H groups in total. The highest BCUT2D eigenvalue weighted by Gasteiger charge is 2.42. The van der Waals surface area contributed by atoms with Gasteiger partial charge in [-0.3, -0.25) is 0 Å². The number of likely N-dealkylation sites (tertiary alicyclic amines) is 1. The third-order valence-electron chi connectivity index (χ3n) is 3.93. The van der Waals surface area contributed by atoms with E-state index in [0.717, 1.165) is 31.6 Å². The zero-order valence-electron chi connectivity index (χ0n) is 12.2. The maximum Gasteiger partial charge on any atom is 0.410 e. The van der Waals surface area contributed by atoms with Gasteiger partial charge in [0.1, 0.15) is 5.60 Å². The second-order valence-electron chi connectivity index (χ2n) is 6.65. The molecule has 2 atom stereocenters. The van der Waals surface area contributed by atoms with Gasteiger partial charge in [0, 0.05) is 23.9 Å². The van der Waals surface area contributed by atoms with E-state index in [0.29, 0.717) is 17.0 Å². The molecular weight excluding hydrogens is 274 g/mol. The van der Waals surface area contributed by atoms with E-state index in [1.54, 1.807) is 11.3 Å². The number of nitrogen functional groups attached to an aromatic ring is 1. The lowest BCUT2D eigenvalue weighted by molar-refractivity contribution is 0.0286. The molecule has 20 heavy (non-hydrogen) atoms. The van der Waals surface area contributed by atoms with Gasteiger partial charge in [-0.05, 0) is 39.5 Å². The molecule has 1 saturated heterocycles. The Morgan fingerprint density at radius 3 is 2.90 bits per heavy atom. The zero-order chi connectivity index (χ0) is 14.5. The van der Waals surface area contributed by atoms with Gasteiger partial charge in [0.15, 0.2) is 5.13 Å². The van der Waals surface area contributed by atoms with Crippen molar-refractivity contribution in [2.24, 2.45) is 5.92 Å². The van der Waals surface area contributed by atoms with Crippen molar-refractivity contribution < 1.29 is 9.53 Å². The summed E-state index contributed by atoms with van der Waals surface area (Å²) in [7, 11) is 0. The molecule has 1 aromatic heterocycles. The molecular formula is C14H21N3O2S. The number of hydrogen-bond acceptors (Lipinski definition) is 5. The summed E-state index contributed by atoms with van der Waals surface area (Å²) in [5.74, 6) is 0.913. The number of rotatable bonds is 0. The molecule has 0 radical (unpaired) electrons. The summed E-state index contributed by atoms with van der Waals surface area (Å²) in [4.78, 5) is 19.7. The molecule has 1 amide bonds. The van der Waals surface area contributed by atoms with Crippen LogP contribution in [0.4, 0.5) is 9.93 Å². The molecule has 1 fully saturated rings. The molecule has 0 aromatic carbocycles. The molecule has 110 valence electrons. The van der Waals surface area contributed by atoms with Crippen LogP contribution in [0.3, 0.4) is 0 Å². The predicted octanol–water partition coefficient (Wildman–Crippen LogP) is 2.62. The molecule has 5 nitrogen and oxygen atoms in total. The van der Waals surface area contributed by atoms with Crippen LogP contribution in [0.25, 0.3) is 0 Å². The van der Waals surface area contributed by atoms with E-state index in [9.17, 15) is 4.79 Å². The van der Waals surface area contributed by atoms with Gasteiger partial charge in [0.2, 0.25) is 0 Å². The Balaban J connectivity index is 1.75. The summed E-state index contributed by atoms with van der Waals surface area (Å²) in [6, 6.07) is 0. The number of aryl methyl sites for hydroxylation is 1. The number of fused-ring (bicyclic) bond motifs is 3. The number of hydrogen-bond donors (Lipinski definition) is 1. The molecule has 2 aliphatic rings. The van der Waals surface area contributed by atoms with Crippen molar-refractivity contribution in [3.63, 3.8) is 0 Å². The van der Waals surface area contributed by atoms with Crippen molar-refractivity contribution in [2.45, 2.75) is 45.1 Å². The molecule has 0 spiro atoms. The molecule has 1 aromatic rings. The van der Waals surface area contributed by atoms with Crippen LogP contribution in [0.2, 0.25) is 0 Å². The first-order chi connectivity index (χ1) is 9.33. The number of ether oxygens (including phenoxy) is 1. The van der Waals surface area contributed by atoms with Gasteiger partial charge in [-0.1, -0.05) is 0 Å². The first kappa shape index (κ1) is 13.7. The van der Waals surface area contributed by atoms with Gasteiger partial charge >= 0.3 is 6.09 Å². The summed E-state index contributed by atoms with van der Waals surface area (Å²) in [5.41, 5.74) is 6.52. The maximum absolute atomic E-state index is 12.2. The number of thiazole rings is 1. The molecule has 2 heterocycles. The fraction of sp³-hybridized carbons (Fsp3) is 0.714. The lowest BCUT2D eigenvalue weighted by Crippen LogP contribution is -2.35. The highest BCUT2D eigenvalue weighted by atomic mass is 32.1. The van der Waals surface area contributed by atoms with E-state index >= 15 is 0 Å². The molecule has 2 unspecified atom stereocenters. The highest BCUT2D eigenvalue weighted by molar-refractivity contribution is 7.15. The number of amides is 1. The first-order valence-electron chi connectivity index (χ1n) is 7.06. The number of carbonyl (C=O) groups excluding carboxylic acids is 1. The Hall–Kier alpha value is -1.30. The summed E-state index contributed by atoms with van der Waals surface area (Å²) < 4.78 is 5.47. The molecule has 1 aliphatic heterocycles.